The molecule has 2 atom stereocenters. The van der Waals surface area contributed by atoms with Crippen molar-refractivity contribution in [2.24, 2.45) is 5.92 Å². The molecule has 0 radical (unpaired) electrons. The third-order valence-corrected chi connectivity index (χ3v) is 3.27. The molecule has 1 heteroatoms. The van der Waals surface area contributed by atoms with Gasteiger partial charge >= 0.3 is 0 Å². The van der Waals surface area contributed by atoms with Crippen LogP contribution in [0.1, 0.15) is 39.5 Å². The van der Waals surface area contributed by atoms with Crippen LogP contribution >= 0.6 is 0 Å². The second-order valence-electron chi connectivity index (χ2n) is 4.26. The van der Waals surface area contributed by atoms with E-state index in [-0.39, 0.29) is 0 Å². The summed E-state index contributed by atoms with van der Waals surface area (Å²) in [7, 11) is 0. The molecule has 2 aliphatic heterocycles. The molecule has 72 valence electrons. The zero-order valence-corrected chi connectivity index (χ0v) is 8.66. The molecule has 0 aliphatic carbocycles. The highest BCUT2D eigenvalue weighted by Crippen LogP contribution is 2.39. The van der Waals surface area contributed by atoms with Gasteiger partial charge in [0.25, 0.3) is 0 Å². The summed E-state index contributed by atoms with van der Waals surface area (Å²) in [5.41, 5.74) is 1.57. The van der Waals surface area contributed by atoms with Crippen LogP contribution < -0.4 is 0 Å². The largest absolute Gasteiger partial charge is 0.341 e. The van der Waals surface area contributed by atoms with Crippen molar-refractivity contribution in [1.82, 2.24) is 4.90 Å². The van der Waals surface area contributed by atoms with Crippen LogP contribution in [0.5, 0.6) is 0 Å². The predicted octanol–water partition coefficient (Wildman–Crippen LogP) is 3.30. The van der Waals surface area contributed by atoms with E-state index in [2.05, 4.69) is 37.1 Å². The molecule has 0 aromatic carbocycles. The van der Waals surface area contributed by atoms with Crippen molar-refractivity contribution in [2.75, 3.05) is 0 Å². The van der Waals surface area contributed by atoms with E-state index in [9.17, 15) is 0 Å². The molecule has 0 bridgehead atoms. The Bertz CT molecular complexity index is 240. The molecular formula is C12H19N. The fourth-order valence-corrected chi connectivity index (χ4v) is 2.00. The Morgan fingerprint density at radius 2 is 2.46 bits per heavy atom. The second-order valence-corrected chi connectivity index (χ2v) is 4.26. The van der Waals surface area contributed by atoms with E-state index >= 15 is 0 Å². The van der Waals surface area contributed by atoms with Crippen LogP contribution in [0.15, 0.2) is 24.0 Å². The van der Waals surface area contributed by atoms with Gasteiger partial charge < -0.3 is 4.90 Å². The lowest BCUT2D eigenvalue weighted by atomic mass is 10.0. The molecule has 13 heavy (non-hydrogen) atoms. The molecule has 2 aliphatic rings. The van der Waals surface area contributed by atoms with E-state index in [1.54, 1.807) is 5.70 Å². The van der Waals surface area contributed by atoms with Crippen molar-refractivity contribution in [3.8, 4) is 0 Å². The SMILES string of the molecule is CCC(C)CCC1C2=CCC=CN21. The lowest BCUT2D eigenvalue weighted by Crippen LogP contribution is -1.98. The Hall–Kier alpha value is -0.720. The number of hydrogen-bond donors (Lipinski definition) is 0. The van der Waals surface area contributed by atoms with Gasteiger partial charge in [-0.05, 0) is 25.2 Å². The first-order chi connectivity index (χ1) is 6.33. The second kappa shape index (κ2) is 3.57. The Morgan fingerprint density at radius 1 is 1.62 bits per heavy atom. The molecule has 2 heterocycles. The highest BCUT2D eigenvalue weighted by Gasteiger charge is 2.38. The third-order valence-electron chi connectivity index (χ3n) is 3.27. The number of nitrogens with zero attached hydrogens (tertiary/aromatic N) is 1. The van der Waals surface area contributed by atoms with Crippen molar-refractivity contribution in [2.45, 2.75) is 45.6 Å². The summed E-state index contributed by atoms with van der Waals surface area (Å²) >= 11 is 0. The minimum Gasteiger partial charge on any atom is -0.341 e. The lowest BCUT2D eigenvalue weighted by molar-refractivity contribution is 0.474. The fraction of sp³-hybridized carbons (Fsp3) is 0.667. The minimum atomic E-state index is 0.771. The maximum Gasteiger partial charge on any atom is 0.0731 e. The van der Waals surface area contributed by atoms with Gasteiger partial charge in [-0.1, -0.05) is 32.4 Å². The quantitative estimate of drug-likeness (QED) is 0.595. The van der Waals surface area contributed by atoms with Gasteiger partial charge in [0.1, 0.15) is 0 Å². The molecule has 2 unspecified atom stereocenters. The summed E-state index contributed by atoms with van der Waals surface area (Å²) in [6.07, 6.45) is 12.0. The molecule has 0 saturated carbocycles. The van der Waals surface area contributed by atoms with Gasteiger partial charge in [0.05, 0.1) is 6.04 Å². The molecule has 0 spiro atoms. The summed E-state index contributed by atoms with van der Waals surface area (Å²) in [6.45, 7) is 4.63. The summed E-state index contributed by atoms with van der Waals surface area (Å²) in [4.78, 5) is 2.41. The monoisotopic (exact) mass is 177 g/mol. The maximum atomic E-state index is 2.41. The lowest BCUT2D eigenvalue weighted by Gasteiger charge is -2.05. The van der Waals surface area contributed by atoms with Gasteiger partial charge in [0.15, 0.2) is 0 Å². The summed E-state index contributed by atoms with van der Waals surface area (Å²) < 4.78 is 0. The number of fused-ring (bicyclic) bond motifs is 1. The average Bonchev–Trinajstić information content (AvgIpc) is 2.88. The molecule has 0 N–H and O–H groups in total. The number of allylic oxidation sites excluding steroid dienone is 2. The molecule has 0 amide bonds. The standard InChI is InChI=1S/C12H19N/c1-3-10(2)7-8-12-11-6-4-5-9-13(11)12/h5-6,9-10,12H,3-4,7-8H2,1-2H3. The normalized spacial score (nSPS) is 26.8. The van der Waals surface area contributed by atoms with Gasteiger partial charge in [-0.3, -0.25) is 0 Å². The topological polar surface area (TPSA) is 3.01 Å². The van der Waals surface area contributed by atoms with Gasteiger partial charge in [-0.25, -0.2) is 0 Å². The summed E-state index contributed by atoms with van der Waals surface area (Å²) in [5, 5.41) is 0. The first-order valence-corrected chi connectivity index (χ1v) is 5.48. The minimum absolute atomic E-state index is 0.771. The molecule has 0 aromatic rings. The molecule has 1 nitrogen and oxygen atoms in total. The van der Waals surface area contributed by atoms with Crippen molar-refractivity contribution >= 4 is 0 Å². The van der Waals surface area contributed by atoms with E-state index in [1.165, 1.54) is 19.3 Å². The fourth-order valence-electron chi connectivity index (χ4n) is 2.00. The first-order valence-electron chi connectivity index (χ1n) is 5.48. The predicted molar refractivity (Wildman–Crippen MR) is 56.2 cm³/mol. The Kier molecular flexibility index (Phi) is 2.43. The molecule has 2 rings (SSSR count). The van der Waals surface area contributed by atoms with Crippen LogP contribution in [0.4, 0.5) is 0 Å². The van der Waals surface area contributed by atoms with Gasteiger partial charge in [0, 0.05) is 11.9 Å². The van der Waals surface area contributed by atoms with E-state index in [1.807, 2.05) is 0 Å². The van der Waals surface area contributed by atoms with E-state index in [4.69, 9.17) is 0 Å². The number of hydrogen-bond acceptors (Lipinski definition) is 1. The maximum absolute atomic E-state index is 2.41. The Morgan fingerprint density at radius 3 is 3.08 bits per heavy atom. The summed E-state index contributed by atoms with van der Waals surface area (Å²) in [6, 6.07) is 0.771. The van der Waals surface area contributed by atoms with Crippen LogP contribution in [0, 0.1) is 5.92 Å². The molecule has 1 saturated heterocycles. The smallest absolute Gasteiger partial charge is 0.0731 e. The zero-order chi connectivity index (χ0) is 9.26. The third kappa shape index (κ3) is 1.79. The molecule has 0 aromatic heterocycles. The van der Waals surface area contributed by atoms with Gasteiger partial charge in [-0.2, -0.15) is 0 Å². The van der Waals surface area contributed by atoms with Crippen LogP contribution in [-0.4, -0.2) is 10.9 Å². The Labute approximate surface area is 81.1 Å². The van der Waals surface area contributed by atoms with E-state index in [0.717, 1.165) is 18.4 Å². The Balaban J connectivity index is 1.76. The van der Waals surface area contributed by atoms with Crippen molar-refractivity contribution in [3.05, 3.63) is 24.0 Å². The van der Waals surface area contributed by atoms with Crippen LogP contribution in [0.25, 0.3) is 0 Å². The van der Waals surface area contributed by atoms with Crippen LogP contribution in [-0.2, 0) is 0 Å². The van der Waals surface area contributed by atoms with Gasteiger partial charge in [0.2, 0.25) is 0 Å². The van der Waals surface area contributed by atoms with Crippen molar-refractivity contribution in [3.63, 3.8) is 0 Å². The van der Waals surface area contributed by atoms with Gasteiger partial charge in [-0.15, -0.1) is 0 Å². The van der Waals surface area contributed by atoms with E-state index < -0.39 is 0 Å². The van der Waals surface area contributed by atoms with Crippen molar-refractivity contribution < 1.29 is 0 Å². The highest BCUT2D eigenvalue weighted by molar-refractivity contribution is 5.33. The van der Waals surface area contributed by atoms with Crippen LogP contribution in [0.3, 0.4) is 0 Å². The van der Waals surface area contributed by atoms with E-state index in [0.29, 0.717) is 0 Å². The molecular weight excluding hydrogens is 158 g/mol. The zero-order valence-electron chi connectivity index (χ0n) is 8.66. The molecule has 1 fully saturated rings. The summed E-state index contributed by atoms with van der Waals surface area (Å²) in [5.74, 6) is 0.897. The first kappa shape index (κ1) is 8.86. The highest BCUT2D eigenvalue weighted by atomic mass is 15.3. The van der Waals surface area contributed by atoms with Crippen LogP contribution in [0.2, 0.25) is 0 Å². The number of rotatable bonds is 4. The van der Waals surface area contributed by atoms with Crippen molar-refractivity contribution in [1.29, 1.82) is 0 Å². The average molecular weight is 177 g/mol.